The van der Waals surface area contributed by atoms with Gasteiger partial charge in [0.15, 0.2) is 0 Å². The molecule has 0 atom stereocenters. The molecule has 0 spiro atoms. The summed E-state index contributed by atoms with van der Waals surface area (Å²) in [4.78, 5) is 0. The zero-order valence-electron chi connectivity index (χ0n) is 15.9. The Kier molecular flexibility index (Phi) is 5.69. The first-order chi connectivity index (χ1) is 14.7. The van der Waals surface area contributed by atoms with Crippen molar-refractivity contribution in [3.05, 3.63) is 112 Å². The summed E-state index contributed by atoms with van der Waals surface area (Å²) in [5.41, 5.74) is 0.398. The van der Waals surface area contributed by atoms with Crippen LogP contribution in [0, 0.1) is 0 Å². The minimum absolute atomic E-state index is 0.0269. The summed E-state index contributed by atoms with van der Waals surface area (Å²) in [7, 11) is -3.53. The van der Waals surface area contributed by atoms with Gasteiger partial charge in [0.05, 0.1) is 16.3 Å². The number of hydrogen-bond acceptors (Lipinski definition) is 2. The Morgan fingerprint density at radius 2 is 1.32 bits per heavy atom. The highest BCUT2D eigenvalue weighted by molar-refractivity contribution is 7.72. The summed E-state index contributed by atoms with van der Waals surface area (Å²) in [5.74, 6) is 3.46. The average Bonchev–Trinajstić information content (AvgIpc) is 2.75. The van der Waals surface area contributed by atoms with Crippen LogP contribution in [0.25, 0.3) is 11.5 Å². The van der Waals surface area contributed by atoms with Crippen molar-refractivity contribution in [3.8, 4) is 0 Å². The predicted octanol–water partition coefficient (Wildman–Crippen LogP) is 8.08. The number of nitrogens with one attached hydrogen (secondary N) is 1. The number of hydrogen-bond donors (Lipinski definition) is 1. The monoisotopic (exact) mass is 461 g/mol. The number of benzene rings is 3. The maximum atomic E-state index is 13.8. The van der Waals surface area contributed by atoms with Crippen LogP contribution in [0.15, 0.2) is 90.5 Å². The Balaban J connectivity index is 1.79. The first kappa shape index (κ1) is 21.3. The Hall–Kier alpha value is -2.95. The van der Waals surface area contributed by atoms with Gasteiger partial charge in [-0.25, -0.2) is 0 Å². The van der Waals surface area contributed by atoms with Crippen molar-refractivity contribution >= 4 is 36.1 Å². The van der Waals surface area contributed by atoms with Crippen LogP contribution >= 0.6 is 18.9 Å². The predicted molar refractivity (Wildman–Crippen MR) is 118 cm³/mol. The van der Waals surface area contributed by atoms with Crippen molar-refractivity contribution in [3.63, 3.8) is 0 Å². The highest BCUT2D eigenvalue weighted by Crippen LogP contribution is 2.57. The molecule has 158 valence electrons. The van der Waals surface area contributed by atoms with Crippen LogP contribution in [0.3, 0.4) is 0 Å². The van der Waals surface area contributed by atoms with E-state index in [1.165, 1.54) is 11.6 Å². The molecule has 8 heteroatoms. The third-order valence-electron chi connectivity index (χ3n) is 4.54. The highest BCUT2D eigenvalue weighted by Gasteiger charge is 2.32. The van der Waals surface area contributed by atoms with Crippen LogP contribution in [0.4, 0.5) is 18.9 Å². The maximum Gasteiger partial charge on any atom is 0.416 e. The van der Waals surface area contributed by atoms with Crippen LogP contribution in [0.2, 0.25) is 5.02 Å². The van der Waals surface area contributed by atoms with Crippen LogP contribution < -0.4 is 5.09 Å². The normalized spacial score (nSPS) is 15.5. The summed E-state index contributed by atoms with van der Waals surface area (Å²) in [6.07, 6.45) is -4.55. The summed E-state index contributed by atoms with van der Waals surface area (Å²) in [6.45, 7) is 0. The van der Waals surface area contributed by atoms with E-state index in [4.69, 9.17) is 16.3 Å². The SMILES string of the molecule is O=P1(Nc2cc(C(F)(F)F)ccc2Cl)C=C(c2ccccc2)OC(c2ccccc2)=C1. The first-order valence-electron chi connectivity index (χ1n) is 9.22. The van der Waals surface area contributed by atoms with Crippen molar-refractivity contribution in [2.75, 3.05) is 5.09 Å². The second kappa shape index (κ2) is 8.29. The fourth-order valence-electron chi connectivity index (χ4n) is 3.07. The Bertz CT molecular complexity index is 1150. The van der Waals surface area contributed by atoms with E-state index in [1.54, 1.807) is 24.3 Å². The third kappa shape index (κ3) is 4.87. The highest BCUT2D eigenvalue weighted by atomic mass is 35.5. The fourth-order valence-corrected chi connectivity index (χ4v) is 5.16. The molecule has 0 bridgehead atoms. The van der Waals surface area contributed by atoms with E-state index >= 15 is 0 Å². The molecule has 0 fully saturated rings. The Labute approximate surface area is 182 Å². The number of alkyl halides is 3. The lowest BCUT2D eigenvalue weighted by Gasteiger charge is -2.24. The van der Waals surface area contributed by atoms with E-state index in [9.17, 15) is 17.7 Å². The zero-order valence-corrected chi connectivity index (χ0v) is 17.6. The molecule has 1 aliphatic rings. The quantitative estimate of drug-likeness (QED) is 0.399. The number of halogens is 4. The van der Waals surface area contributed by atoms with Gasteiger partial charge in [-0.3, -0.25) is 4.57 Å². The average molecular weight is 462 g/mol. The van der Waals surface area contributed by atoms with E-state index in [-0.39, 0.29) is 10.7 Å². The second-order valence-electron chi connectivity index (χ2n) is 6.83. The zero-order chi connectivity index (χ0) is 22.1. The lowest BCUT2D eigenvalue weighted by molar-refractivity contribution is -0.137. The molecule has 4 rings (SSSR count). The molecule has 0 aliphatic carbocycles. The maximum absolute atomic E-state index is 13.8. The number of rotatable bonds is 4. The summed E-state index contributed by atoms with van der Waals surface area (Å²) in [5, 5.41) is 2.76. The van der Waals surface area contributed by atoms with Gasteiger partial charge in [-0.05, 0) is 18.2 Å². The molecule has 0 amide bonds. The van der Waals surface area contributed by atoms with Crippen LogP contribution in [0.5, 0.6) is 0 Å². The van der Waals surface area contributed by atoms with E-state index in [0.717, 1.165) is 18.2 Å². The molecule has 0 radical (unpaired) electrons. The molecule has 1 N–H and O–H groups in total. The number of ether oxygens (including phenoxy) is 1. The molecule has 0 saturated carbocycles. The molecular weight excluding hydrogens is 446 g/mol. The molecule has 3 aromatic rings. The van der Waals surface area contributed by atoms with Gasteiger partial charge in [0.2, 0.25) is 7.29 Å². The Morgan fingerprint density at radius 1 is 0.806 bits per heavy atom. The molecule has 31 heavy (non-hydrogen) atoms. The van der Waals surface area contributed by atoms with Gasteiger partial charge in [0.1, 0.15) is 11.5 Å². The minimum Gasteiger partial charge on any atom is -0.456 e. The summed E-state index contributed by atoms with van der Waals surface area (Å²) >= 11 is 6.11. The summed E-state index contributed by atoms with van der Waals surface area (Å²) < 4.78 is 59.3. The fraction of sp³-hybridized carbons (Fsp3) is 0.0435. The van der Waals surface area contributed by atoms with Crippen molar-refractivity contribution in [1.82, 2.24) is 0 Å². The van der Waals surface area contributed by atoms with E-state index in [0.29, 0.717) is 22.6 Å². The smallest absolute Gasteiger partial charge is 0.416 e. The third-order valence-corrected chi connectivity index (χ3v) is 6.70. The van der Waals surface area contributed by atoms with Crippen LogP contribution in [-0.2, 0) is 15.5 Å². The Morgan fingerprint density at radius 3 is 1.81 bits per heavy atom. The molecule has 0 unspecified atom stereocenters. The van der Waals surface area contributed by atoms with Gasteiger partial charge in [0.25, 0.3) is 0 Å². The van der Waals surface area contributed by atoms with Crippen molar-refractivity contribution in [2.45, 2.75) is 6.18 Å². The van der Waals surface area contributed by atoms with E-state index < -0.39 is 19.0 Å². The van der Waals surface area contributed by atoms with Crippen LogP contribution in [-0.4, -0.2) is 0 Å². The molecule has 1 aliphatic heterocycles. The van der Waals surface area contributed by atoms with Crippen molar-refractivity contribution in [2.24, 2.45) is 0 Å². The lowest BCUT2D eigenvalue weighted by Crippen LogP contribution is -2.07. The van der Waals surface area contributed by atoms with Gasteiger partial charge < -0.3 is 9.82 Å². The van der Waals surface area contributed by atoms with Gasteiger partial charge >= 0.3 is 6.18 Å². The lowest BCUT2D eigenvalue weighted by atomic mass is 10.2. The number of anilines is 1. The molecule has 1 heterocycles. The van der Waals surface area contributed by atoms with Crippen molar-refractivity contribution < 1.29 is 22.5 Å². The largest absolute Gasteiger partial charge is 0.456 e. The molecule has 0 saturated heterocycles. The van der Waals surface area contributed by atoms with Gasteiger partial charge in [-0.15, -0.1) is 0 Å². The first-order valence-corrected chi connectivity index (χ1v) is 11.4. The molecule has 3 nitrogen and oxygen atoms in total. The van der Waals surface area contributed by atoms with Gasteiger partial charge in [-0.1, -0.05) is 72.3 Å². The second-order valence-corrected chi connectivity index (χ2v) is 9.40. The molecular formula is C23H16ClF3NO2P. The van der Waals surface area contributed by atoms with Crippen LogP contribution in [0.1, 0.15) is 16.7 Å². The van der Waals surface area contributed by atoms with E-state index in [1.807, 2.05) is 36.4 Å². The van der Waals surface area contributed by atoms with E-state index in [2.05, 4.69) is 5.09 Å². The topological polar surface area (TPSA) is 38.3 Å². The standard InChI is InChI=1S/C23H16ClF3NO2P/c24-19-12-11-18(23(25,26)27)13-20(19)28-31(29)14-21(16-7-3-1-4-8-16)30-22(15-31)17-9-5-2-6-10-17/h1-15H,(H,28,29). The van der Waals surface area contributed by atoms with Gasteiger partial charge in [0, 0.05) is 22.8 Å². The minimum atomic E-state index is -4.55. The van der Waals surface area contributed by atoms with Crippen molar-refractivity contribution in [1.29, 1.82) is 0 Å². The summed E-state index contributed by atoms with van der Waals surface area (Å²) in [6, 6.07) is 20.9. The van der Waals surface area contributed by atoms with Gasteiger partial charge in [-0.2, -0.15) is 13.2 Å². The molecule has 0 aromatic heterocycles. The molecule has 3 aromatic carbocycles.